The second kappa shape index (κ2) is 7.38. The zero-order valence-corrected chi connectivity index (χ0v) is 16.5. The van der Waals surface area contributed by atoms with Gasteiger partial charge in [0.1, 0.15) is 29.0 Å². The maximum atomic E-state index is 14.1. The lowest BCUT2D eigenvalue weighted by Gasteiger charge is -2.10. The molecule has 0 aliphatic rings. The summed E-state index contributed by atoms with van der Waals surface area (Å²) in [5.74, 6) is 0.645. The zero-order chi connectivity index (χ0) is 20.7. The van der Waals surface area contributed by atoms with Crippen molar-refractivity contribution in [3.05, 3.63) is 71.7 Å². The summed E-state index contributed by atoms with van der Waals surface area (Å²) in [6.45, 7) is 1.78. The fourth-order valence-corrected chi connectivity index (χ4v) is 3.76. The highest BCUT2D eigenvalue weighted by Gasteiger charge is 2.15. The molecule has 0 aliphatic heterocycles. The van der Waals surface area contributed by atoms with Crippen molar-refractivity contribution in [2.75, 3.05) is 5.32 Å². The second-order valence-electron chi connectivity index (χ2n) is 6.60. The highest BCUT2D eigenvalue weighted by atomic mass is 32.2. The molecule has 3 aromatic heterocycles. The van der Waals surface area contributed by atoms with E-state index in [1.54, 1.807) is 13.0 Å². The van der Waals surface area contributed by atoms with E-state index in [0.29, 0.717) is 28.2 Å². The van der Waals surface area contributed by atoms with Crippen molar-refractivity contribution in [1.29, 1.82) is 0 Å². The van der Waals surface area contributed by atoms with Crippen LogP contribution in [0.15, 0.2) is 53.7 Å². The van der Waals surface area contributed by atoms with Crippen LogP contribution in [0.3, 0.4) is 0 Å². The van der Waals surface area contributed by atoms with Gasteiger partial charge in [0.15, 0.2) is 0 Å². The summed E-state index contributed by atoms with van der Waals surface area (Å²) in [6.07, 6.45) is 0. The molecule has 0 amide bonds. The van der Waals surface area contributed by atoms with Crippen LogP contribution in [0.5, 0.6) is 0 Å². The van der Waals surface area contributed by atoms with Crippen molar-refractivity contribution in [3.63, 3.8) is 0 Å². The van der Waals surface area contributed by atoms with Crippen LogP contribution >= 0.6 is 11.8 Å². The zero-order valence-electron chi connectivity index (χ0n) is 15.7. The first-order chi connectivity index (χ1) is 14.6. The molecular weight excluding hydrogens is 408 g/mol. The molecule has 5 aromatic rings. The van der Waals surface area contributed by atoms with Gasteiger partial charge in [-0.3, -0.25) is 0 Å². The first-order valence-electron chi connectivity index (χ1n) is 9.09. The first kappa shape index (κ1) is 18.5. The molecule has 150 valence electrons. The molecule has 0 unspecified atom stereocenters. The molecule has 0 saturated heterocycles. The number of halogens is 2. The molecule has 0 saturated carbocycles. The molecule has 10 heteroatoms. The normalized spacial score (nSPS) is 11.4. The maximum absolute atomic E-state index is 14.1. The number of H-pyrrole nitrogens is 1. The van der Waals surface area contributed by atoms with E-state index in [1.165, 1.54) is 34.5 Å². The third-order valence-electron chi connectivity index (χ3n) is 4.41. The number of anilines is 2. The van der Waals surface area contributed by atoms with Crippen LogP contribution in [-0.2, 0) is 5.75 Å². The lowest BCUT2D eigenvalue weighted by molar-refractivity contribution is 0.590. The van der Waals surface area contributed by atoms with E-state index in [2.05, 4.69) is 30.4 Å². The summed E-state index contributed by atoms with van der Waals surface area (Å²) in [7, 11) is 0. The van der Waals surface area contributed by atoms with Crippen molar-refractivity contribution in [2.45, 2.75) is 17.8 Å². The fraction of sp³-hybridized carbons (Fsp3) is 0.100. The van der Waals surface area contributed by atoms with Crippen molar-refractivity contribution in [3.8, 4) is 0 Å². The average molecular weight is 423 g/mol. The monoisotopic (exact) mass is 423 g/mol. The predicted octanol–water partition coefficient (Wildman–Crippen LogP) is 4.62. The minimum Gasteiger partial charge on any atom is -0.341 e. The van der Waals surface area contributed by atoms with Gasteiger partial charge in [0, 0.05) is 11.8 Å². The third kappa shape index (κ3) is 3.45. The Bertz CT molecular complexity index is 1330. The number of hydrogen-bond acceptors (Lipinski definition) is 6. The van der Waals surface area contributed by atoms with E-state index >= 15 is 0 Å². The highest BCUT2D eigenvalue weighted by Crippen LogP contribution is 2.26. The molecule has 5 rings (SSSR count). The molecule has 2 aromatic carbocycles. The van der Waals surface area contributed by atoms with Crippen LogP contribution < -0.4 is 5.32 Å². The maximum Gasteiger partial charge on any atom is 0.255 e. The van der Waals surface area contributed by atoms with Gasteiger partial charge in [-0.15, -0.1) is 5.10 Å². The number of rotatable bonds is 5. The minimum atomic E-state index is -0.697. The standard InChI is InChI=1S/C20H15F2N7S/c1-11-9-17(26-18-12(21)5-4-6-13(18)22)29-19(23-11)27-20(28-29)30-10-16-24-14-7-2-3-8-15(14)25-16/h2-9,26H,10H2,1H3,(H,24,25). The number of nitrogens with zero attached hydrogens (tertiary/aromatic N) is 5. The summed E-state index contributed by atoms with van der Waals surface area (Å²) in [6, 6.07) is 13.1. The largest absolute Gasteiger partial charge is 0.341 e. The van der Waals surface area contributed by atoms with Gasteiger partial charge in [-0.1, -0.05) is 30.0 Å². The molecule has 0 bridgehead atoms. The van der Waals surface area contributed by atoms with E-state index in [4.69, 9.17) is 0 Å². The third-order valence-corrected chi connectivity index (χ3v) is 5.26. The number of aromatic nitrogens is 6. The van der Waals surface area contributed by atoms with Crippen LogP contribution in [0.1, 0.15) is 11.5 Å². The Morgan fingerprint density at radius 1 is 1.03 bits per heavy atom. The van der Waals surface area contributed by atoms with Crippen molar-refractivity contribution in [2.24, 2.45) is 0 Å². The van der Waals surface area contributed by atoms with Gasteiger partial charge >= 0.3 is 0 Å². The van der Waals surface area contributed by atoms with Gasteiger partial charge in [0.2, 0.25) is 5.16 Å². The van der Waals surface area contributed by atoms with Crippen molar-refractivity contribution < 1.29 is 8.78 Å². The Kier molecular flexibility index (Phi) is 4.55. The molecule has 0 aliphatic carbocycles. The number of fused-ring (bicyclic) bond motifs is 2. The SMILES string of the molecule is Cc1cc(Nc2c(F)cccc2F)n2nc(SCc3nc4ccccc4[nH]3)nc2n1. The Hall–Kier alpha value is -3.53. The average Bonchev–Trinajstić information content (AvgIpc) is 3.32. The number of nitrogens with one attached hydrogen (secondary N) is 2. The van der Waals surface area contributed by atoms with Crippen LogP contribution in [-0.4, -0.2) is 29.5 Å². The Morgan fingerprint density at radius 3 is 2.63 bits per heavy atom. The lowest BCUT2D eigenvalue weighted by atomic mass is 10.3. The van der Waals surface area contributed by atoms with E-state index in [1.807, 2.05) is 24.3 Å². The summed E-state index contributed by atoms with van der Waals surface area (Å²) >= 11 is 1.39. The van der Waals surface area contributed by atoms with Crippen LogP contribution in [0.2, 0.25) is 0 Å². The molecule has 7 nitrogen and oxygen atoms in total. The number of para-hydroxylation sites is 3. The summed E-state index contributed by atoms with van der Waals surface area (Å²) < 4.78 is 29.6. The lowest BCUT2D eigenvalue weighted by Crippen LogP contribution is -2.05. The van der Waals surface area contributed by atoms with Crippen molar-refractivity contribution in [1.82, 2.24) is 29.5 Å². The van der Waals surface area contributed by atoms with Crippen LogP contribution in [0.4, 0.5) is 20.3 Å². The predicted molar refractivity (Wildman–Crippen MR) is 111 cm³/mol. The van der Waals surface area contributed by atoms with Gasteiger partial charge in [0.05, 0.1) is 16.8 Å². The number of thioether (sulfide) groups is 1. The van der Waals surface area contributed by atoms with Gasteiger partial charge in [-0.2, -0.15) is 9.50 Å². The summed E-state index contributed by atoms with van der Waals surface area (Å²) in [5, 5.41) is 7.68. The number of benzene rings is 2. The van der Waals surface area contributed by atoms with Gasteiger partial charge in [-0.05, 0) is 31.2 Å². The molecule has 0 radical (unpaired) electrons. The Morgan fingerprint density at radius 2 is 1.83 bits per heavy atom. The molecule has 0 spiro atoms. The van der Waals surface area contributed by atoms with E-state index in [9.17, 15) is 8.78 Å². The summed E-state index contributed by atoms with van der Waals surface area (Å²) in [5.41, 5.74) is 2.25. The molecule has 0 atom stereocenters. The van der Waals surface area contributed by atoms with Gasteiger partial charge < -0.3 is 10.3 Å². The van der Waals surface area contributed by atoms with E-state index in [0.717, 1.165) is 16.9 Å². The van der Waals surface area contributed by atoms with E-state index in [-0.39, 0.29) is 5.69 Å². The topological polar surface area (TPSA) is 83.8 Å². The van der Waals surface area contributed by atoms with Crippen molar-refractivity contribution >= 4 is 40.1 Å². The van der Waals surface area contributed by atoms with Crippen LogP contribution in [0, 0.1) is 18.6 Å². The number of imidazole rings is 1. The minimum absolute atomic E-state index is 0.253. The second-order valence-corrected chi connectivity index (χ2v) is 7.54. The van der Waals surface area contributed by atoms with Gasteiger partial charge in [0.25, 0.3) is 5.78 Å². The Balaban J connectivity index is 1.44. The fourth-order valence-electron chi connectivity index (χ4n) is 3.07. The highest BCUT2D eigenvalue weighted by molar-refractivity contribution is 7.98. The molecule has 2 N–H and O–H groups in total. The molecule has 3 heterocycles. The quantitative estimate of drug-likeness (QED) is 0.401. The van der Waals surface area contributed by atoms with Crippen LogP contribution in [0.25, 0.3) is 16.8 Å². The summed E-state index contributed by atoms with van der Waals surface area (Å²) in [4.78, 5) is 16.6. The molecular formula is C20H15F2N7S. The Labute approximate surface area is 173 Å². The molecule has 30 heavy (non-hydrogen) atoms. The molecule has 0 fully saturated rings. The smallest absolute Gasteiger partial charge is 0.255 e. The van der Waals surface area contributed by atoms with E-state index < -0.39 is 11.6 Å². The number of hydrogen-bond donors (Lipinski definition) is 2. The van der Waals surface area contributed by atoms with Gasteiger partial charge in [-0.25, -0.2) is 18.7 Å². The number of aromatic amines is 1. The first-order valence-corrected chi connectivity index (χ1v) is 10.1. The number of aryl methyl sites for hydroxylation is 1.